The van der Waals surface area contributed by atoms with Gasteiger partial charge in [-0.2, -0.15) is 0 Å². The van der Waals surface area contributed by atoms with Gasteiger partial charge in [-0.3, -0.25) is 29.0 Å². The minimum absolute atomic E-state index is 0.00785. The first-order valence-corrected chi connectivity index (χ1v) is 13.8. The van der Waals surface area contributed by atoms with E-state index in [1.54, 1.807) is 12.3 Å². The number of H-pyrrole nitrogens is 1. The summed E-state index contributed by atoms with van der Waals surface area (Å²) in [5, 5.41) is 17.9. The highest BCUT2D eigenvalue weighted by Crippen LogP contribution is 2.19. The smallest absolute Gasteiger partial charge is 0.326 e. The van der Waals surface area contributed by atoms with Crippen LogP contribution < -0.4 is 44.6 Å². The minimum atomic E-state index is -1.34. The summed E-state index contributed by atoms with van der Waals surface area (Å²) in [6, 6.07) is 2.07. The Balaban J connectivity index is 2.30. The van der Waals surface area contributed by atoms with Gasteiger partial charge in [0.1, 0.15) is 18.1 Å². The summed E-state index contributed by atoms with van der Waals surface area (Å²) in [4.78, 5) is 80.9. The molecule has 0 aliphatic carbocycles. The number of carbonyl (C=O) groups is 6. The highest BCUT2D eigenvalue weighted by molar-refractivity contribution is 5.95. The van der Waals surface area contributed by atoms with Crippen LogP contribution in [0.4, 0.5) is 0 Å². The van der Waals surface area contributed by atoms with E-state index in [4.69, 9.17) is 28.7 Å². The summed E-state index contributed by atoms with van der Waals surface area (Å²) in [5.41, 5.74) is 28.2. The number of carbonyl (C=O) groups excluding carboxylic acids is 5. The lowest BCUT2D eigenvalue weighted by molar-refractivity contribution is -0.142. The third-order valence-electron chi connectivity index (χ3n) is 6.64. The number of aliphatic carboxylic acids is 1. The van der Waals surface area contributed by atoms with Crippen molar-refractivity contribution in [2.24, 2.45) is 33.7 Å². The number of para-hydroxylation sites is 1. The number of aromatic nitrogens is 1. The van der Waals surface area contributed by atoms with Crippen LogP contribution in [0.1, 0.15) is 44.1 Å². The van der Waals surface area contributed by atoms with Crippen LogP contribution in [0.2, 0.25) is 0 Å². The number of amides is 5. The maximum atomic E-state index is 13.5. The Morgan fingerprint density at radius 3 is 2.02 bits per heavy atom. The number of hydrogen-bond acceptors (Lipinski definition) is 8. The predicted molar refractivity (Wildman–Crippen MR) is 160 cm³/mol. The van der Waals surface area contributed by atoms with Gasteiger partial charge >= 0.3 is 5.97 Å². The topological polar surface area (TPSA) is 317 Å². The average molecular weight is 617 g/mol. The molecule has 1 aromatic carbocycles. The van der Waals surface area contributed by atoms with Gasteiger partial charge in [-0.25, -0.2) is 4.79 Å². The molecule has 0 saturated heterocycles. The number of aliphatic imine (C=N–C) groups is 1. The number of carboxylic acid groups (broad SMARTS) is 1. The zero-order valence-electron chi connectivity index (χ0n) is 24.1. The van der Waals surface area contributed by atoms with Crippen LogP contribution >= 0.6 is 0 Å². The third kappa shape index (κ3) is 11.6. The van der Waals surface area contributed by atoms with Crippen molar-refractivity contribution in [3.05, 3.63) is 36.0 Å². The van der Waals surface area contributed by atoms with Crippen molar-refractivity contribution in [3.63, 3.8) is 0 Å². The molecule has 17 heteroatoms. The van der Waals surface area contributed by atoms with Crippen LogP contribution in [0.15, 0.2) is 35.5 Å². The van der Waals surface area contributed by atoms with E-state index in [2.05, 4.69) is 25.9 Å². The van der Waals surface area contributed by atoms with Crippen molar-refractivity contribution < 1.29 is 33.9 Å². The number of primary amides is 2. The van der Waals surface area contributed by atoms with Crippen LogP contribution in [0.3, 0.4) is 0 Å². The molecule has 2 aromatic rings. The molecule has 1 aromatic heterocycles. The minimum Gasteiger partial charge on any atom is -0.480 e. The second-order valence-corrected chi connectivity index (χ2v) is 10.2. The summed E-state index contributed by atoms with van der Waals surface area (Å²) in [6.07, 6.45) is 1.07. The zero-order chi connectivity index (χ0) is 32.8. The highest BCUT2D eigenvalue weighted by atomic mass is 16.4. The van der Waals surface area contributed by atoms with E-state index in [0.29, 0.717) is 5.56 Å². The molecule has 5 amide bonds. The van der Waals surface area contributed by atoms with Gasteiger partial charge in [-0.05, 0) is 37.3 Å². The third-order valence-corrected chi connectivity index (χ3v) is 6.64. The quantitative estimate of drug-likeness (QED) is 0.0438. The Morgan fingerprint density at radius 1 is 0.795 bits per heavy atom. The largest absolute Gasteiger partial charge is 0.480 e. The van der Waals surface area contributed by atoms with Crippen LogP contribution in [0.25, 0.3) is 10.9 Å². The van der Waals surface area contributed by atoms with Gasteiger partial charge in [0.15, 0.2) is 5.96 Å². The number of nitrogens with zero attached hydrogens (tertiary/aromatic N) is 1. The van der Waals surface area contributed by atoms with E-state index in [0.717, 1.165) is 10.9 Å². The maximum Gasteiger partial charge on any atom is 0.326 e. The fraction of sp³-hybridized carbons (Fsp3) is 0.444. The molecule has 0 fully saturated rings. The lowest BCUT2D eigenvalue weighted by Gasteiger charge is -2.25. The summed E-state index contributed by atoms with van der Waals surface area (Å²) < 4.78 is 0. The first-order valence-electron chi connectivity index (χ1n) is 13.8. The Hall–Kier alpha value is -5.19. The van der Waals surface area contributed by atoms with Crippen LogP contribution in [-0.2, 0) is 35.2 Å². The number of nitrogens with one attached hydrogen (secondary N) is 4. The van der Waals surface area contributed by atoms with E-state index >= 15 is 0 Å². The van der Waals surface area contributed by atoms with E-state index in [1.807, 2.05) is 18.2 Å². The Kier molecular flexibility index (Phi) is 13.6. The lowest BCUT2D eigenvalue weighted by Crippen LogP contribution is -2.57. The SMILES string of the molecule is NC(=O)CCC(N)C(=O)NC(CCC(N)=O)C(=O)NC(Cc1c[nH]c2ccccc12)C(=O)NC(CCCN=C(N)N)C(=O)O. The summed E-state index contributed by atoms with van der Waals surface area (Å²) in [5.74, 6) is -5.32. The second kappa shape index (κ2) is 17.1. The van der Waals surface area contributed by atoms with Gasteiger partial charge in [-0.15, -0.1) is 0 Å². The van der Waals surface area contributed by atoms with E-state index in [1.165, 1.54) is 0 Å². The summed E-state index contributed by atoms with van der Waals surface area (Å²) in [7, 11) is 0. The van der Waals surface area contributed by atoms with E-state index < -0.39 is 59.7 Å². The molecule has 0 aliphatic heterocycles. The standard InChI is InChI=1S/C27H40N10O7/c28-16(7-9-21(29)38)23(40)35-18(8-10-22(30)39)24(41)37-20(12-14-13-34-17-5-2-1-4-15(14)17)25(42)36-19(26(43)44)6-3-11-33-27(31)32/h1-2,4-5,13,16,18-20,34H,3,6-12,28H2,(H2,29,38)(H2,30,39)(H,35,40)(H,36,42)(H,37,41)(H,43,44)(H4,31,32,33). The molecule has 15 N–H and O–H groups in total. The molecular formula is C27H40N10O7. The summed E-state index contributed by atoms with van der Waals surface area (Å²) in [6.45, 7) is 0.139. The fourth-order valence-corrected chi connectivity index (χ4v) is 4.30. The molecule has 0 bridgehead atoms. The molecule has 0 saturated carbocycles. The number of hydrogen-bond donors (Lipinski definition) is 10. The van der Waals surface area contributed by atoms with E-state index in [9.17, 15) is 33.9 Å². The monoisotopic (exact) mass is 616 g/mol. The molecule has 17 nitrogen and oxygen atoms in total. The first kappa shape index (κ1) is 35.0. The van der Waals surface area contributed by atoms with Gasteiger partial charge in [0.25, 0.3) is 0 Å². The molecular weight excluding hydrogens is 576 g/mol. The molecule has 2 rings (SSSR count). The average Bonchev–Trinajstić information content (AvgIpc) is 3.37. The molecule has 44 heavy (non-hydrogen) atoms. The van der Waals surface area contributed by atoms with Crippen molar-refractivity contribution in [2.75, 3.05) is 6.54 Å². The van der Waals surface area contributed by atoms with Crippen LogP contribution in [0.5, 0.6) is 0 Å². The number of carboxylic acids is 1. The van der Waals surface area contributed by atoms with Gasteiger partial charge < -0.3 is 54.7 Å². The number of nitrogens with two attached hydrogens (primary N) is 5. The number of benzene rings is 1. The Labute approximate surface area is 252 Å². The van der Waals surface area contributed by atoms with Crippen molar-refractivity contribution in [1.82, 2.24) is 20.9 Å². The van der Waals surface area contributed by atoms with Crippen LogP contribution in [-0.4, -0.2) is 82.3 Å². The molecule has 240 valence electrons. The molecule has 0 radical (unpaired) electrons. The van der Waals surface area contributed by atoms with Crippen molar-refractivity contribution in [1.29, 1.82) is 0 Å². The molecule has 0 spiro atoms. The van der Waals surface area contributed by atoms with Crippen LogP contribution in [0, 0.1) is 0 Å². The van der Waals surface area contributed by atoms with Gasteiger partial charge in [0.2, 0.25) is 29.5 Å². The van der Waals surface area contributed by atoms with Crippen molar-refractivity contribution in [3.8, 4) is 0 Å². The van der Waals surface area contributed by atoms with E-state index in [-0.39, 0.29) is 57.5 Å². The number of guanidine groups is 1. The zero-order valence-corrected chi connectivity index (χ0v) is 24.1. The number of aromatic amines is 1. The molecule has 0 aliphatic rings. The van der Waals surface area contributed by atoms with Crippen molar-refractivity contribution >= 4 is 52.4 Å². The predicted octanol–water partition coefficient (Wildman–Crippen LogP) is -2.84. The molecule has 4 unspecified atom stereocenters. The number of fused-ring (bicyclic) bond motifs is 1. The van der Waals surface area contributed by atoms with Gasteiger partial charge in [-0.1, -0.05) is 18.2 Å². The maximum absolute atomic E-state index is 13.5. The number of rotatable bonds is 19. The first-order chi connectivity index (χ1) is 20.8. The van der Waals surface area contributed by atoms with Gasteiger partial charge in [0.05, 0.1) is 6.04 Å². The summed E-state index contributed by atoms with van der Waals surface area (Å²) >= 11 is 0. The normalized spacial score (nSPS) is 13.6. The lowest BCUT2D eigenvalue weighted by atomic mass is 10.0. The highest BCUT2D eigenvalue weighted by Gasteiger charge is 2.31. The van der Waals surface area contributed by atoms with Gasteiger partial charge in [0, 0.05) is 42.9 Å². The fourth-order valence-electron chi connectivity index (χ4n) is 4.30. The Bertz CT molecular complexity index is 1370. The second-order valence-electron chi connectivity index (χ2n) is 10.2. The van der Waals surface area contributed by atoms with Crippen molar-refractivity contribution in [2.45, 2.75) is 69.1 Å². The molecule has 4 atom stereocenters. The molecule has 1 heterocycles. The Morgan fingerprint density at radius 2 is 1.39 bits per heavy atom.